The van der Waals surface area contributed by atoms with Gasteiger partial charge in [0.1, 0.15) is 28.6 Å². The molecule has 2 aromatic rings. The molecule has 1 aliphatic rings. The fourth-order valence-corrected chi connectivity index (χ4v) is 2.82. The predicted molar refractivity (Wildman–Crippen MR) is 86.1 cm³/mol. The van der Waals surface area contributed by atoms with Gasteiger partial charge in [-0.2, -0.15) is 0 Å². The number of phenols is 1. The minimum absolute atomic E-state index is 0.0391. The summed E-state index contributed by atoms with van der Waals surface area (Å²) in [6.45, 7) is 0. The van der Waals surface area contributed by atoms with E-state index in [1.165, 1.54) is 26.4 Å². The van der Waals surface area contributed by atoms with E-state index >= 15 is 0 Å². The highest BCUT2D eigenvalue weighted by Gasteiger charge is 2.40. The Balaban J connectivity index is 2.06. The number of carbonyl (C=O) groups excluding carboxylic acids is 1. The molecule has 0 saturated carbocycles. The van der Waals surface area contributed by atoms with Gasteiger partial charge in [0.15, 0.2) is 12.2 Å². The summed E-state index contributed by atoms with van der Waals surface area (Å²) in [5.74, 6) is 0.935. The van der Waals surface area contributed by atoms with E-state index in [0.29, 0.717) is 5.75 Å². The van der Waals surface area contributed by atoms with Gasteiger partial charge in [-0.1, -0.05) is 12.1 Å². The van der Waals surface area contributed by atoms with Gasteiger partial charge in [0.2, 0.25) is 5.78 Å². The normalized spacial score (nSPS) is 19.4. The fourth-order valence-electron chi connectivity index (χ4n) is 2.82. The Morgan fingerprint density at radius 3 is 2.33 bits per heavy atom. The van der Waals surface area contributed by atoms with Crippen molar-refractivity contribution in [3.8, 4) is 23.0 Å². The molecule has 24 heavy (non-hydrogen) atoms. The summed E-state index contributed by atoms with van der Waals surface area (Å²) in [6, 6.07) is 9.98. The van der Waals surface area contributed by atoms with E-state index in [4.69, 9.17) is 18.9 Å². The third kappa shape index (κ3) is 2.65. The fraction of sp³-hybridized carbons (Fsp3) is 0.278. The molecule has 1 aliphatic heterocycles. The van der Waals surface area contributed by atoms with Crippen molar-refractivity contribution in [1.29, 1.82) is 0 Å². The zero-order chi connectivity index (χ0) is 17.3. The lowest BCUT2D eigenvalue weighted by molar-refractivity contribution is -0.00110. The molecule has 6 heteroatoms. The lowest BCUT2D eigenvalue weighted by Crippen LogP contribution is -2.38. The van der Waals surface area contributed by atoms with Gasteiger partial charge >= 0.3 is 0 Å². The minimum atomic E-state index is -0.815. The van der Waals surface area contributed by atoms with Crippen LogP contribution in [0.5, 0.6) is 23.0 Å². The third-order valence-electron chi connectivity index (χ3n) is 4.00. The number of rotatable bonds is 4. The Kier molecular flexibility index (Phi) is 4.31. The summed E-state index contributed by atoms with van der Waals surface area (Å²) in [5, 5.41) is 9.82. The maximum Gasteiger partial charge on any atom is 0.203 e. The average Bonchev–Trinajstić information content (AvgIpc) is 2.60. The second-order valence-corrected chi connectivity index (χ2v) is 5.35. The maximum absolute atomic E-state index is 12.9. The molecule has 2 atom stereocenters. The van der Waals surface area contributed by atoms with Crippen LogP contribution in [0.1, 0.15) is 22.0 Å². The summed E-state index contributed by atoms with van der Waals surface area (Å²) in [7, 11) is 4.47. The number of aromatic hydroxyl groups is 1. The molecule has 126 valence electrons. The molecular formula is C18H18O6. The van der Waals surface area contributed by atoms with Crippen molar-refractivity contribution in [1.82, 2.24) is 0 Å². The molecule has 0 fully saturated rings. The molecule has 6 nitrogen and oxygen atoms in total. The molecule has 1 heterocycles. The molecule has 0 radical (unpaired) electrons. The zero-order valence-electron chi connectivity index (χ0n) is 13.6. The number of fused-ring (bicyclic) bond motifs is 1. The van der Waals surface area contributed by atoms with Crippen molar-refractivity contribution in [3.05, 3.63) is 47.5 Å². The van der Waals surface area contributed by atoms with Gasteiger partial charge in [0.25, 0.3) is 0 Å². The summed E-state index contributed by atoms with van der Waals surface area (Å²) in [4.78, 5) is 12.9. The number of phenolic OH excluding ortho intramolecular Hbond substituents is 1. The van der Waals surface area contributed by atoms with E-state index < -0.39 is 12.2 Å². The van der Waals surface area contributed by atoms with Crippen LogP contribution >= 0.6 is 0 Å². The first-order valence-corrected chi connectivity index (χ1v) is 7.37. The highest BCUT2D eigenvalue weighted by Crippen LogP contribution is 2.43. The standard InChI is InChI=1S/C18H18O6/c1-21-12-6-4-10(5-7-12)17-18(23-3)16(20)15-13(22-2)8-11(19)9-14(15)24-17/h4-9,17-19H,1-3H3/t17-,18+/m0/s1. The Bertz CT molecular complexity index is 753. The van der Waals surface area contributed by atoms with Crippen molar-refractivity contribution >= 4 is 5.78 Å². The molecule has 3 rings (SSSR count). The smallest absolute Gasteiger partial charge is 0.203 e. The molecule has 0 bridgehead atoms. The van der Waals surface area contributed by atoms with Crippen LogP contribution in [0.25, 0.3) is 0 Å². The molecule has 1 N–H and O–H groups in total. The van der Waals surface area contributed by atoms with Gasteiger partial charge in [0, 0.05) is 19.2 Å². The van der Waals surface area contributed by atoms with Crippen LogP contribution < -0.4 is 14.2 Å². The average molecular weight is 330 g/mol. The Morgan fingerprint density at radius 2 is 1.75 bits per heavy atom. The first-order chi connectivity index (χ1) is 11.6. The van der Waals surface area contributed by atoms with Crippen LogP contribution in [-0.4, -0.2) is 38.3 Å². The van der Waals surface area contributed by atoms with Gasteiger partial charge in [-0.05, 0) is 17.7 Å². The molecular weight excluding hydrogens is 312 g/mol. The van der Waals surface area contributed by atoms with E-state index in [9.17, 15) is 9.90 Å². The third-order valence-corrected chi connectivity index (χ3v) is 4.00. The highest BCUT2D eigenvalue weighted by molar-refractivity contribution is 6.06. The summed E-state index contributed by atoms with van der Waals surface area (Å²) >= 11 is 0. The number of carbonyl (C=O) groups is 1. The topological polar surface area (TPSA) is 74.2 Å². The predicted octanol–water partition coefficient (Wildman–Crippen LogP) is 2.74. The van der Waals surface area contributed by atoms with E-state index in [0.717, 1.165) is 5.56 Å². The van der Waals surface area contributed by atoms with Crippen molar-refractivity contribution in [2.24, 2.45) is 0 Å². The number of methoxy groups -OCH3 is 3. The van der Waals surface area contributed by atoms with E-state index in [1.807, 2.05) is 12.1 Å². The number of Topliss-reactive ketones (excluding diaryl/α,β-unsaturated/α-hetero) is 1. The van der Waals surface area contributed by atoms with Crippen LogP contribution in [0, 0.1) is 0 Å². The van der Waals surface area contributed by atoms with Crippen molar-refractivity contribution < 1.29 is 28.8 Å². The first-order valence-electron chi connectivity index (χ1n) is 7.37. The SMILES string of the molecule is COc1ccc([C@@H]2Oc3cc(O)cc(OC)c3C(=O)[C@H]2OC)cc1. The van der Waals surface area contributed by atoms with Crippen LogP contribution in [0.4, 0.5) is 0 Å². The lowest BCUT2D eigenvalue weighted by atomic mass is 9.92. The number of benzene rings is 2. The van der Waals surface area contributed by atoms with Gasteiger partial charge in [-0.25, -0.2) is 0 Å². The second-order valence-electron chi connectivity index (χ2n) is 5.35. The number of hydrogen-bond acceptors (Lipinski definition) is 6. The van der Waals surface area contributed by atoms with Crippen LogP contribution in [0.15, 0.2) is 36.4 Å². The molecule has 0 unspecified atom stereocenters. The van der Waals surface area contributed by atoms with Gasteiger partial charge < -0.3 is 24.1 Å². The second kappa shape index (κ2) is 6.41. The highest BCUT2D eigenvalue weighted by atomic mass is 16.5. The molecule has 0 aliphatic carbocycles. The first kappa shape index (κ1) is 16.1. The molecule has 0 amide bonds. The van der Waals surface area contributed by atoms with Gasteiger partial charge in [0.05, 0.1) is 14.2 Å². The number of hydrogen-bond donors (Lipinski definition) is 1. The molecule has 0 aromatic heterocycles. The van der Waals surface area contributed by atoms with Crippen LogP contribution in [-0.2, 0) is 4.74 Å². The monoisotopic (exact) mass is 330 g/mol. The van der Waals surface area contributed by atoms with Gasteiger partial charge in [-0.15, -0.1) is 0 Å². The van der Waals surface area contributed by atoms with Crippen LogP contribution in [0.2, 0.25) is 0 Å². The largest absolute Gasteiger partial charge is 0.508 e. The van der Waals surface area contributed by atoms with Crippen molar-refractivity contribution in [2.75, 3.05) is 21.3 Å². The van der Waals surface area contributed by atoms with E-state index in [1.54, 1.807) is 19.2 Å². The maximum atomic E-state index is 12.9. The lowest BCUT2D eigenvalue weighted by Gasteiger charge is -2.32. The van der Waals surface area contributed by atoms with Crippen LogP contribution in [0.3, 0.4) is 0 Å². The number of ketones is 1. The van der Waals surface area contributed by atoms with Crippen molar-refractivity contribution in [3.63, 3.8) is 0 Å². The Morgan fingerprint density at radius 1 is 1.04 bits per heavy atom. The minimum Gasteiger partial charge on any atom is -0.508 e. The molecule has 0 saturated heterocycles. The van der Waals surface area contributed by atoms with E-state index in [-0.39, 0.29) is 28.6 Å². The summed E-state index contributed by atoms with van der Waals surface area (Å²) in [6.07, 6.45) is -1.45. The number of ether oxygens (including phenoxy) is 4. The van der Waals surface area contributed by atoms with Crippen molar-refractivity contribution in [2.45, 2.75) is 12.2 Å². The zero-order valence-corrected chi connectivity index (χ0v) is 13.6. The summed E-state index contributed by atoms with van der Waals surface area (Å²) < 4.78 is 21.7. The molecule has 0 spiro atoms. The Labute approximate surface area is 139 Å². The molecule has 2 aromatic carbocycles. The van der Waals surface area contributed by atoms with Gasteiger partial charge in [-0.3, -0.25) is 4.79 Å². The summed E-state index contributed by atoms with van der Waals surface area (Å²) in [5.41, 5.74) is 1.04. The quantitative estimate of drug-likeness (QED) is 0.929. The van der Waals surface area contributed by atoms with E-state index in [2.05, 4.69) is 0 Å². The Hall–Kier alpha value is -2.73.